The van der Waals surface area contributed by atoms with Crippen molar-refractivity contribution in [2.75, 3.05) is 5.32 Å². The molecule has 2 heterocycles. The predicted octanol–water partition coefficient (Wildman–Crippen LogP) is 3.83. The van der Waals surface area contributed by atoms with Crippen molar-refractivity contribution in [3.8, 4) is 6.07 Å². The number of rotatable bonds is 3. The van der Waals surface area contributed by atoms with Gasteiger partial charge in [-0.1, -0.05) is 18.2 Å². The predicted molar refractivity (Wildman–Crippen MR) is 80.9 cm³/mol. The van der Waals surface area contributed by atoms with Crippen molar-refractivity contribution in [3.63, 3.8) is 0 Å². The zero-order chi connectivity index (χ0) is 13.9. The third kappa shape index (κ3) is 2.44. The van der Waals surface area contributed by atoms with Crippen LogP contribution in [0.1, 0.15) is 11.1 Å². The smallest absolute Gasteiger partial charge is 0.224 e. The van der Waals surface area contributed by atoms with Crippen LogP contribution in [0.4, 0.5) is 5.82 Å². The molecule has 0 saturated heterocycles. The number of nitriles is 1. The molecule has 3 rings (SSSR count). The Balaban J connectivity index is 1.91. The van der Waals surface area contributed by atoms with Crippen LogP contribution in [0.3, 0.4) is 0 Å². The molecule has 3 aromatic rings. The van der Waals surface area contributed by atoms with Crippen LogP contribution in [0.25, 0.3) is 10.2 Å². The summed E-state index contributed by atoms with van der Waals surface area (Å²) in [7, 11) is 0. The topological polar surface area (TPSA) is 61.6 Å². The van der Waals surface area contributed by atoms with Gasteiger partial charge < -0.3 is 5.32 Å². The van der Waals surface area contributed by atoms with Gasteiger partial charge in [-0.3, -0.25) is 0 Å². The first kappa shape index (κ1) is 12.9. The maximum atomic E-state index is 9.08. The number of nitrogens with zero attached hydrogens (tertiary/aromatic N) is 3. The van der Waals surface area contributed by atoms with Crippen molar-refractivity contribution in [2.45, 2.75) is 6.54 Å². The van der Waals surface area contributed by atoms with E-state index in [1.165, 1.54) is 0 Å². The molecule has 0 aliphatic rings. The van der Waals surface area contributed by atoms with E-state index in [0.717, 1.165) is 15.8 Å². The highest BCUT2D eigenvalue weighted by atomic mass is 35.5. The summed E-state index contributed by atoms with van der Waals surface area (Å²) in [6.07, 6.45) is 0. The van der Waals surface area contributed by atoms with E-state index in [-0.39, 0.29) is 5.28 Å². The number of hydrogen-bond donors (Lipinski definition) is 1. The van der Waals surface area contributed by atoms with E-state index >= 15 is 0 Å². The summed E-state index contributed by atoms with van der Waals surface area (Å²) >= 11 is 7.47. The fourth-order valence-electron chi connectivity index (χ4n) is 1.92. The molecular formula is C14H9ClN4S. The average Bonchev–Trinajstić information content (AvgIpc) is 2.93. The lowest BCUT2D eigenvalue weighted by atomic mass is 10.1. The Morgan fingerprint density at radius 1 is 1.25 bits per heavy atom. The second kappa shape index (κ2) is 5.45. The zero-order valence-corrected chi connectivity index (χ0v) is 11.9. The van der Waals surface area contributed by atoms with E-state index in [2.05, 4.69) is 21.4 Å². The SMILES string of the molecule is N#Cc1ccccc1CNc1nc(Cl)nc2ccsc12. The molecule has 0 radical (unpaired) electrons. The number of fused-ring (bicyclic) bond motifs is 1. The molecule has 4 nitrogen and oxygen atoms in total. The van der Waals surface area contributed by atoms with Gasteiger partial charge in [-0.15, -0.1) is 11.3 Å². The van der Waals surface area contributed by atoms with E-state index < -0.39 is 0 Å². The summed E-state index contributed by atoms with van der Waals surface area (Å²) in [4.78, 5) is 8.37. The van der Waals surface area contributed by atoms with Crippen LogP contribution < -0.4 is 5.32 Å². The number of nitrogens with one attached hydrogen (secondary N) is 1. The molecule has 0 atom stereocenters. The quantitative estimate of drug-likeness (QED) is 0.747. The van der Waals surface area contributed by atoms with Gasteiger partial charge in [0, 0.05) is 6.54 Å². The summed E-state index contributed by atoms with van der Waals surface area (Å²) in [5.41, 5.74) is 2.41. The van der Waals surface area contributed by atoms with Crippen LogP contribution in [-0.2, 0) is 6.54 Å². The van der Waals surface area contributed by atoms with Gasteiger partial charge in [-0.2, -0.15) is 10.2 Å². The molecule has 0 aliphatic heterocycles. The van der Waals surface area contributed by atoms with Crippen molar-refractivity contribution >= 4 is 39.0 Å². The standard InChI is InChI=1S/C14H9ClN4S/c15-14-18-11-5-6-20-12(11)13(19-14)17-8-10-4-2-1-3-9(10)7-16/h1-6H,8H2,(H,17,18,19). The Labute approximate surface area is 124 Å². The Hall–Kier alpha value is -2.16. The molecule has 1 aromatic carbocycles. The Morgan fingerprint density at radius 3 is 2.95 bits per heavy atom. The lowest BCUT2D eigenvalue weighted by Gasteiger charge is -2.08. The molecule has 0 saturated carbocycles. The molecule has 98 valence electrons. The van der Waals surface area contributed by atoms with E-state index in [0.29, 0.717) is 17.9 Å². The van der Waals surface area contributed by atoms with Crippen molar-refractivity contribution in [1.82, 2.24) is 9.97 Å². The summed E-state index contributed by atoms with van der Waals surface area (Å²) in [5, 5.41) is 14.5. The molecule has 0 bridgehead atoms. The highest BCUT2D eigenvalue weighted by Gasteiger charge is 2.08. The molecule has 20 heavy (non-hydrogen) atoms. The second-order valence-electron chi connectivity index (χ2n) is 4.10. The first-order valence-electron chi connectivity index (χ1n) is 5.90. The van der Waals surface area contributed by atoms with E-state index in [4.69, 9.17) is 16.9 Å². The molecule has 0 spiro atoms. The molecule has 2 aromatic heterocycles. The molecule has 0 unspecified atom stereocenters. The minimum Gasteiger partial charge on any atom is -0.365 e. The summed E-state index contributed by atoms with van der Waals surface area (Å²) < 4.78 is 0.962. The summed E-state index contributed by atoms with van der Waals surface area (Å²) in [5.74, 6) is 0.697. The lowest BCUT2D eigenvalue weighted by molar-refractivity contribution is 1.10. The third-order valence-electron chi connectivity index (χ3n) is 2.86. The summed E-state index contributed by atoms with van der Waals surface area (Å²) in [6, 6.07) is 11.6. The monoisotopic (exact) mass is 300 g/mol. The van der Waals surface area contributed by atoms with Gasteiger partial charge in [0.1, 0.15) is 5.82 Å². The Kier molecular flexibility index (Phi) is 3.50. The van der Waals surface area contributed by atoms with Crippen LogP contribution in [0.5, 0.6) is 0 Å². The van der Waals surface area contributed by atoms with Gasteiger partial charge in [0.05, 0.1) is 21.8 Å². The Bertz CT molecular complexity index is 806. The third-order valence-corrected chi connectivity index (χ3v) is 3.94. The van der Waals surface area contributed by atoms with Gasteiger partial charge in [0.15, 0.2) is 0 Å². The van der Waals surface area contributed by atoms with Crippen molar-refractivity contribution in [3.05, 3.63) is 52.1 Å². The highest BCUT2D eigenvalue weighted by Crippen LogP contribution is 2.27. The maximum Gasteiger partial charge on any atom is 0.224 e. The van der Waals surface area contributed by atoms with Gasteiger partial charge >= 0.3 is 0 Å². The van der Waals surface area contributed by atoms with Gasteiger partial charge in [0.2, 0.25) is 5.28 Å². The van der Waals surface area contributed by atoms with Crippen LogP contribution in [0.2, 0.25) is 5.28 Å². The van der Waals surface area contributed by atoms with Crippen LogP contribution in [-0.4, -0.2) is 9.97 Å². The van der Waals surface area contributed by atoms with Crippen molar-refractivity contribution in [2.24, 2.45) is 0 Å². The lowest BCUT2D eigenvalue weighted by Crippen LogP contribution is -2.04. The molecule has 0 aliphatic carbocycles. The zero-order valence-electron chi connectivity index (χ0n) is 10.3. The largest absolute Gasteiger partial charge is 0.365 e. The van der Waals surface area contributed by atoms with Gasteiger partial charge in [-0.25, -0.2) is 4.98 Å². The molecular weight excluding hydrogens is 292 g/mol. The van der Waals surface area contributed by atoms with Crippen LogP contribution in [0, 0.1) is 11.3 Å². The first-order valence-corrected chi connectivity index (χ1v) is 7.16. The first-order chi connectivity index (χ1) is 9.78. The van der Waals surface area contributed by atoms with E-state index in [1.807, 2.05) is 29.6 Å². The molecule has 1 N–H and O–H groups in total. The average molecular weight is 301 g/mol. The van der Waals surface area contributed by atoms with Crippen molar-refractivity contribution < 1.29 is 0 Å². The van der Waals surface area contributed by atoms with E-state index in [9.17, 15) is 0 Å². The summed E-state index contributed by atoms with van der Waals surface area (Å²) in [6.45, 7) is 0.518. The van der Waals surface area contributed by atoms with Gasteiger partial charge in [0.25, 0.3) is 0 Å². The number of anilines is 1. The number of aromatic nitrogens is 2. The molecule has 0 fully saturated rings. The number of benzene rings is 1. The normalized spacial score (nSPS) is 10.4. The minimum atomic E-state index is 0.215. The number of hydrogen-bond acceptors (Lipinski definition) is 5. The van der Waals surface area contributed by atoms with Crippen LogP contribution >= 0.6 is 22.9 Å². The van der Waals surface area contributed by atoms with E-state index in [1.54, 1.807) is 17.4 Å². The second-order valence-corrected chi connectivity index (χ2v) is 5.35. The van der Waals surface area contributed by atoms with Crippen molar-refractivity contribution in [1.29, 1.82) is 5.26 Å². The molecule has 0 amide bonds. The molecule has 6 heteroatoms. The maximum absolute atomic E-state index is 9.08. The Morgan fingerprint density at radius 2 is 2.10 bits per heavy atom. The number of thiophene rings is 1. The van der Waals surface area contributed by atoms with Gasteiger partial charge in [-0.05, 0) is 34.7 Å². The minimum absolute atomic E-state index is 0.215. The van der Waals surface area contributed by atoms with Crippen LogP contribution in [0.15, 0.2) is 35.7 Å². The number of halogens is 1. The highest BCUT2D eigenvalue weighted by molar-refractivity contribution is 7.17. The fourth-order valence-corrected chi connectivity index (χ4v) is 2.89. The fraction of sp³-hybridized carbons (Fsp3) is 0.0714.